The van der Waals surface area contributed by atoms with Crippen molar-refractivity contribution in [3.05, 3.63) is 71.6 Å². The zero-order valence-electron chi connectivity index (χ0n) is 21.7. The smallest absolute Gasteiger partial charge is 0.425 e. The van der Waals surface area contributed by atoms with Gasteiger partial charge in [0, 0.05) is 29.9 Å². The summed E-state index contributed by atoms with van der Waals surface area (Å²) in [7, 11) is 0. The maximum Gasteiger partial charge on any atom is 0.425 e. The molecule has 0 spiro atoms. The largest absolute Gasteiger partial charge is 0.755 e. The molecule has 0 saturated heterocycles. The van der Waals surface area contributed by atoms with Crippen LogP contribution in [0.2, 0.25) is 0 Å². The van der Waals surface area contributed by atoms with Gasteiger partial charge in [0.25, 0.3) is 0 Å². The van der Waals surface area contributed by atoms with Crippen molar-refractivity contribution in [2.45, 2.75) is 53.0 Å². The Hall–Kier alpha value is -3.08. The number of amides is 1. The molecule has 8 nitrogen and oxygen atoms in total. The van der Waals surface area contributed by atoms with E-state index in [1.807, 2.05) is 16.8 Å². The van der Waals surface area contributed by atoms with Crippen molar-refractivity contribution in [1.82, 2.24) is 9.55 Å². The molecule has 1 atom stereocenters. The highest BCUT2D eigenvalue weighted by Gasteiger charge is 2.26. The van der Waals surface area contributed by atoms with Crippen LogP contribution in [0, 0.1) is 11.7 Å². The van der Waals surface area contributed by atoms with Crippen LogP contribution in [0.15, 0.2) is 48.8 Å². The average Bonchev–Trinajstić information content (AvgIpc) is 3.27. The number of benzene rings is 2. The quantitative estimate of drug-likeness (QED) is 0.392. The van der Waals surface area contributed by atoms with Gasteiger partial charge in [0.05, 0.1) is 23.6 Å². The van der Waals surface area contributed by atoms with Crippen molar-refractivity contribution in [3.8, 4) is 11.1 Å². The van der Waals surface area contributed by atoms with Crippen LogP contribution in [0.3, 0.4) is 0 Å². The van der Waals surface area contributed by atoms with Gasteiger partial charge in [0.15, 0.2) is 0 Å². The molecule has 0 aliphatic carbocycles. The van der Waals surface area contributed by atoms with E-state index in [1.165, 1.54) is 18.2 Å². The van der Waals surface area contributed by atoms with Crippen LogP contribution in [-0.2, 0) is 34.4 Å². The number of nitrogens with zero attached hydrogens (tertiary/aromatic N) is 3. The third-order valence-corrected chi connectivity index (χ3v) is 6.30. The number of hydrogen-bond acceptors (Lipinski definition) is 6. The van der Waals surface area contributed by atoms with E-state index in [9.17, 15) is 17.9 Å². The Morgan fingerprint density at radius 3 is 2.57 bits per heavy atom. The summed E-state index contributed by atoms with van der Waals surface area (Å²) in [6, 6.07) is 9.20. The van der Waals surface area contributed by atoms with Gasteiger partial charge in [0.1, 0.15) is 18.2 Å². The zero-order chi connectivity index (χ0) is 27.3. The summed E-state index contributed by atoms with van der Waals surface area (Å²) in [6.07, 6.45) is 3.09. The van der Waals surface area contributed by atoms with E-state index in [0.717, 1.165) is 17.0 Å². The molecule has 200 valence electrons. The Balaban J connectivity index is 2.28. The minimum absolute atomic E-state index is 0.0294. The molecule has 37 heavy (non-hydrogen) atoms. The number of imidazole rings is 1. The molecular formula is C27H33FN3O5S-. The van der Waals surface area contributed by atoms with Crippen molar-refractivity contribution in [2.75, 3.05) is 17.5 Å². The van der Waals surface area contributed by atoms with Gasteiger partial charge >= 0.3 is 6.09 Å². The number of carbonyl (C=O) groups is 1. The summed E-state index contributed by atoms with van der Waals surface area (Å²) >= 11 is -3.05. The van der Waals surface area contributed by atoms with E-state index in [-0.39, 0.29) is 23.6 Å². The summed E-state index contributed by atoms with van der Waals surface area (Å²) in [5.41, 5.74) is 2.30. The van der Waals surface area contributed by atoms with Crippen molar-refractivity contribution < 1.29 is 27.8 Å². The summed E-state index contributed by atoms with van der Waals surface area (Å²) < 4.78 is 46.2. The maximum absolute atomic E-state index is 14.2. The summed E-state index contributed by atoms with van der Waals surface area (Å²) in [5, 5.41) is 9.07. The molecule has 1 N–H and O–H groups in total. The maximum atomic E-state index is 14.2. The third kappa shape index (κ3) is 7.03. The molecule has 0 saturated carbocycles. The molecule has 1 unspecified atom stereocenters. The number of aromatic nitrogens is 2. The lowest BCUT2D eigenvalue weighted by Gasteiger charge is -2.28. The number of ether oxygens (including phenoxy) is 1. The monoisotopic (exact) mass is 530 g/mol. The number of anilines is 1. The molecule has 3 aromatic rings. The fourth-order valence-electron chi connectivity index (χ4n) is 4.20. The summed E-state index contributed by atoms with van der Waals surface area (Å²) in [5.74, 6) is 0.628. The molecule has 0 fully saturated rings. The van der Waals surface area contributed by atoms with Gasteiger partial charge < -0.3 is 19.0 Å². The Morgan fingerprint density at radius 2 is 1.97 bits per heavy atom. The zero-order valence-corrected chi connectivity index (χ0v) is 22.5. The number of aliphatic hydroxyl groups is 1. The van der Waals surface area contributed by atoms with E-state index in [2.05, 4.69) is 39.6 Å². The van der Waals surface area contributed by atoms with Gasteiger partial charge in [-0.3, -0.25) is 4.21 Å². The van der Waals surface area contributed by atoms with Crippen LogP contribution in [0.4, 0.5) is 14.9 Å². The van der Waals surface area contributed by atoms with Crippen molar-refractivity contribution in [3.63, 3.8) is 0 Å². The molecule has 1 heterocycles. The molecule has 0 aliphatic rings. The summed E-state index contributed by atoms with van der Waals surface area (Å²) in [6.45, 7) is 9.86. The molecule has 1 aromatic heterocycles. The van der Waals surface area contributed by atoms with Gasteiger partial charge in [-0.1, -0.05) is 46.8 Å². The molecule has 10 heteroatoms. The molecule has 3 rings (SSSR count). The second kappa shape index (κ2) is 12.0. The standard InChI is InChI=1S/C27H34FN3O5S/c1-18(2)13-20-15-23(19-7-6-8-22(28)14-19)24(31(37(34)35)26(33)36-12-11-32)16-21(20)17-30-10-9-29-25(30)27(3,4)5/h6-10,14-16,18,32H,11-13,17H2,1-5H3,(H,34,35)/p-1. The predicted molar refractivity (Wildman–Crippen MR) is 140 cm³/mol. The minimum atomic E-state index is -3.05. The second-order valence-corrected chi connectivity index (χ2v) is 11.0. The van der Waals surface area contributed by atoms with Crippen LogP contribution in [-0.4, -0.2) is 42.7 Å². The van der Waals surface area contributed by atoms with Crippen molar-refractivity contribution in [2.24, 2.45) is 5.92 Å². The molecule has 1 amide bonds. The van der Waals surface area contributed by atoms with Gasteiger partial charge in [-0.25, -0.2) is 18.5 Å². The Bertz CT molecular complexity index is 1270. The van der Waals surface area contributed by atoms with E-state index in [4.69, 9.17) is 9.84 Å². The highest BCUT2D eigenvalue weighted by Crippen LogP contribution is 2.37. The van der Waals surface area contributed by atoms with Gasteiger partial charge in [-0.05, 0) is 53.3 Å². The van der Waals surface area contributed by atoms with E-state index in [1.54, 1.807) is 18.3 Å². The Morgan fingerprint density at radius 1 is 1.24 bits per heavy atom. The van der Waals surface area contributed by atoms with Crippen molar-refractivity contribution in [1.29, 1.82) is 0 Å². The summed E-state index contributed by atoms with van der Waals surface area (Å²) in [4.78, 5) is 17.3. The fourth-order valence-corrected chi connectivity index (χ4v) is 4.69. The predicted octanol–water partition coefficient (Wildman–Crippen LogP) is 4.96. The van der Waals surface area contributed by atoms with Crippen LogP contribution in [0.1, 0.15) is 51.6 Å². The van der Waals surface area contributed by atoms with Crippen molar-refractivity contribution >= 4 is 23.0 Å². The number of rotatable bonds is 9. The number of carbonyl (C=O) groups excluding carboxylic acids is 1. The minimum Gasteiger partial charge on any atom is -0.755 e. The fraction of sp³-hybridized carbons (Fsp3) is 0.407. The Labute approximate surface area is 219 Å². The molecule has 0 radical (unpaired) electrons. The Kier molecular flexibility index (Phi) is 9.22. The van der Waals surface area contributed by atoms with Crippen LogP contribution < -0.4 is 4.31 Å². The lowest BCUT2D eigenvalue weighted by molar-refractivity contribution is 0.128. The van der Waals surface area contributed by atoms with Gasteiger partial charge in [0.2, 0.25) is 0 Å². The molecular weight excluding hydrogens is 497 g/mol. The van der Waals surface area contributed by atoms with E-state index in [0.29, 0.717) is 28.4 Å². The van der Waals surface area contributed by atoms with Gasteiger partial charge in [-0.15, -0.1) is 0 Å². The van der Waals surface area contributed by atoms with Crippen LogP contribution in [0.5, 0.6) is 0 Å². The normalized spacial score (nSPS) is 12.6. The second-order valence-electron chi connectivity index (χ2n) is 10.2. The first-order chi connectivity index (χ1) is 17.4. The highest BCUT2D eigenvalue weighted by atomic mass is 32.2. The lowest BCUT2D eigenvalue weighted by atomic mass is 9.91. The number of hydrogen-bond donors (Lipinski definition) is 1. The van der Waals surface area contributed by atoms with E-state index >= 15 is 0 Å². The number of halogens is 1. The SMILES string of the molecule is CC(C)Cc1cc(-c2cccc(F)c2)c(N(C(=O)OCCO)S(=O)[O-])cc1Cn1ccnc1C(C)(C)C. The van der Waals surface area contributed by atoms with Crippen LogP contribution in [0.25, 0.3) is 11.1 Å². The first-order valence-electron chi connectivity index (χ1n) is 12.0. The molecule has 0 bridgehead atoms. The third-order valence-electron chi connectivity index (χ3n) is 5.66. The highest BCUT2D eigenvalue weighted by molar-refractivity contribution is 7.81. The topological polar surface area (TPSA) is 108 Å². The van der Waals surface area contributed by atoms with Gasteiger partial charge in [-0.2, -0.15) is 0 Å². The lowest BCUT2D eigenvalue weighted by Crippen LogP contribution is -2.34. The average molecular weight is 531 g/mol. The van der Waals surface area contributed by atoms with Crippen LogP contribution >= 0.6 is 0 Å². The first kappa shape index (κ1) is 28.5. The molecule has 2 aromatic carbocycles. The molecule has 0 aliphatic heterocycles. The van der Waals surface area contributed by atoms with E-state index < -0.39 is 29.8 Å². The number of aliphatic hydroxyl groups excluding tert-OH is 1. The first-order valence-corrected chi connectivity index (χ1v) is 13.1.